The molecule has 0 radical (unpaired) electrons. The fraction of sp³-hybridized carbons (Fsp3) is 0.394. The summed E-state index contributed by atoms with van der Waals surface area (Å²) in [6, 6.07) is 23.5. The van der Waals surface area contributed by atoms with E-state index < -0.39 is 5.60 Å². The van der Waals surface area contributed by atoms with Crippen molar-refractivity contribution in [1.29, 1.82) is 0 Å². The lowest BCUT2D eigenvalue weighted by atomic mass is 9.78. The molecule has 1 heterocycles. The average molecular weight is 549 g/mol. The summed E-state index contributed by atoms with van der Waals surface area (Å²) in [5.41, 5.74) is 2.38. The topological polar surface area (TPSA) is 27.7 Å². The van der Waals surface area contributed by atoms with Gasteiger partial charge in [0.1, 0.15) is 11.5 Å². The van der Waals surface area contributed by atoms with Gasteiger partial charge in [0, 0.05) is 21.8 Å². The quantitative estimate of drug-likeness (QED) is 0.114. The molecule has 1 unspecified atom stereocenters. The number of rotatable bonds is 14. The van der Waals surface area contributed by atoms with Crippen molar-refractivity contribution < 1.29 is 14.2 Å². The van der Waals surface area contributed by atoms with Gasteiger partial charge in [-0.15, -0.1) is 30.1 Å². The van der Waals surface area contributed by atoms with Crippen molar-refractivity contribution in [1.82, 2.24) is 0 Å². The summed E-state index contributed by atoms with van der Waals surface area (Å²) in [5, 5.41) is 0. The SMILES string of the molecule is C=CCCCCCCCCC1Oc2ccc(OC)cc2C(c2cccc(SC)c2)(c2cccc(SC)c2)O1. The highest BCUT2D eigenvalue weighted by molar-refractivity contribution is 7.98. The van der Waals surface area contributed by atoms with Crippen molar-refractivity contribution >= 4 is 23.5 Å². The maximum Gasteiger partial charge on any atom is 0.201 e. The number of fused-ring (bicyclic) bond motifs is 1. The molecule has 1 aliphatic heterocycles. The molecule has 1 aliphatic rings. The third-order valence-electron chi connectivity index (χ3n) is 7.18. The van der Waals surface area contributed by atoms with Crippen molar-refractivity contribution in [3.63, 3.8) is 0 Å². The minimum Gasteiger partial charge on any atom is -0.497 e. The number of unbranched alkanes of at least 4 members (excludes halogenated alkanes) is 6. The number of hydrogen-bond donors (Lipinski definition) is 0. The molecule has 1 atom stereocenters. The highest BCUT2D eigenvalue weighted by Gasteiger charge is 2.46. The Morgan fingerprint density at radius 2 is 1.47 bits per heavy atom. The van der Waals surface area contributed by atoms with Crippen LogP contribution in [0.5, 0.6) is 11.5 Å². The first-order chi connectivity index (χ1) is 18.6. The van der Waals surface area contributed by atoms with Crippen LogP contribution in [-0.2, 0) is 10.3 Å². The second-order valence-corrected chi connectivity index (χ2v) is 11.4. The molecule has 0 bridgehead atoms. The van der Waals surface area contributed by atoms with Gasteiger partial charge in [0.05, 0.1) is 7.11 Å². The molecule has 0 spiro atoms. The smallest absolute Gasteiger partial charge is 0.201 e. The molecule has 0 N–H and O–H groups in total. The maximum absolute atomic E-state index is 7.12. The molecule has 38 heavy (non-hydrogen) atoms. The highest BCUT2D eigenvalue weighted by atomic mass is 32.2. The maximum atomic E-state index is 7.12. The molecule has 3 aromatic carbocycles. The Hall–Kier alpha value is -2.34. The average Bonchev–Trinajstić information content (AvgIpc) is 2.97. The van der Waals surface area contributed by atoms with Crippen molar-refractivity contribution in [2.45, 2.75) is 73.0 Å². The highest BCUT2D eigenvalue weighted by Crippen LogP contribution is 2.50. The summed E-state index contributed by atoms with van der Waals surface area (Å²) >= 11 is 3.49. The Bertz CT molecular complexity index is 1140. The van der Waals surface area contributed by atoms with Gasteiger partial charge in [-0.2, -0.15) is 0 Å². The van der Waals surface area contributed by atoms with E-state index >= 15 is 0 Å². The van der Waals surface area contributed by atoms with Gasteiger partial charge in [-0.1, -0.05) is 56.0 Å². The van der Waals surface area contributed by atoms with Gasteiger partial charge in [0.15, 0.2) is 5.60 Å². The first-order valence-corrected chi connectivity index (χ1v) is 16.0. The predicted molar refractivity (Wildman–Crippen MR) is 162 cm³/mol. The molecule has 0 aliphatic carbocycles. The molecule has 4 rings (SSSR count). The van der Waals surface area contributed by atoms with Crippen LogP contribution in [0.2, 0.25) is 0 Å². The summed E-state index contributed by atoms with van der Waals surface area (Å²) in [5.74, 6) is 1.65. The van der Waals surface area contributed by atoms with Crippen LogP contribution >= 0.6 is 23.5 Å². The molecule has 202 valence electrons. The van der Waals surface area contributed by atoms with Crippen LogP contribution < -0.4 is 9.47 Å². The number of thioether (sulfide) groups is 2. The van der Waals surface area contributed by atoms with Gasteiger partial charge >= 0.3 is 0 Å². The lowest BCUT2D eigenvalue weighted by molar-refractivity contribution is -0.166. The van der Waals surface area contributed by atoms with Gasteiger partial charge in [0.2, 0.25) is 6.29 Å². The number of benzene rings is 3. The molecule has 5 heteroatoms. The second-order valence-electron chi connectivity index (χ2n) is 9.66. The van der Waals surface area contributed by atoms with Gasteiger partial charge in [0.25, 0.3) is 0 Å². The van der Waals surface area contributed by atoms with Crippen LogP contribution in [0.1, 0.15) is 68.1 Å². The molecule has 0 fully saturated rings. The Morgan fingerprint density at radius 1 is 0.842 bits per heavy atom. The Morgan fingerprint density at radius 3 is 2.08 bits per heavy atom. The van der Waals surface area contributed by atoms with E-state index in [-0.39, 0.29) is 6.29 Å². The molecule has 0 aromatic heterocycles. The van der Waals surface area contributed by atoms with Crippen molar-refractivity contribution in [3.05, 3.63) is 96.1 Å². The van der Waals surface area contributed by atoms with E-state index in [1.807, 2.05) is 18.2 Å². The van der Waals surface area contributed by atoms with Crippen LogP contribution in [-0.4, -0.2) is 25.9 Å². The zero-order valence-corrected chi connectivity index (χ0v) is 24.5. The lowest BCUT2D eigenvalue weighted by Crippen LogP contribution is -2.43. The van der Waals surface area contributed by atoms with Gasteiger partial charge in [-0.05, 0) is 85.4 Å². The van der Waals surface area contributed by atoms with Crippen molar-refractivity contribution in [2.24, 2.45) is 0 Å². The normalized spacial score (nSPS) is 15.9. The Labute approximate surface area is 237 Å². The zero-order valence-electron chi connectivity index (χ0n) is 22.9. The minimum atomic E-state index is -0.811. The predicted octanol–water partition coefficient (Wildman–Crippen LogP) is 9.47. The minimum absolute atomic E-state index is 0.340. The first kappa shape index (κ1) is 28.7. The lowest BCUT2D eigenvalue weighted by Gasteiger charge is -2.43. The van der Waals surface area contributed by atoms with E-state index in [0.29, 0.717) is 0 Å². The first-order valence-electron chi connectivity index (χ1n) is 13.6. The summed E-state index contributed by atoms with van der Waals surface area (Å²) in [6.07, 6.45) is 15.2. The molecule has 3 aromatic rings. The van der Waals surface area contributed by atoms with E-state index in [0.717, 1.165) is 47.5 Å². The monoisotopic (exact) mass is 548 g/mol. The molecule has 3 nitrogen and oxygen atoms in total. The van der Waals surface area contributed by atoms with Crippen LogP contribution in [0.15, 0.2) is 89.2 Å². The second kappa shape index (κ2) is 14.2. The molecule has 0 saturated carbocycles. The van der Waals surface area contributed by atoms with Crippen molar-refractivity contribution in [2.75, 3.05) is 19.6 Å². The number of ether oxygens (including phenoxy) is 3. The molecule has 0 amide bonds. The van der Waals surface area contributed by atoms with Gasteiger partial charge < -0.3 is 14.2 Å². The summed E-state index contributed by atoms with van der Waals surface area (Å²) in [6.45, 7) is 3.82. The number of hydrogen-bond acceptors (Lipinski definition) is 5. The molecular weight excluding hydrogens is 508 g/mol. The summed E-state index contributed by atoms with van der Waals surface area (Å²) in [4.78, 5) is 2.41. The van der Waals surface area contributed by atoms with E-state index in [1.54, 1.807) is 30.6 Å². The molecular formula is C33H40O3S2. The zero-order chi connectivity index (χ0) is 26.8. The van der Waals surface area contributed by atoms with Crippen LogP contribution in [0.3, 0.4) is 0 Å². The van der Waals surface area contributed by atoms with E-state index in [4.69, 9.17) is 14.2 Å². The van der Waals surface area contributed by atoms with E-state index in [1.165, 1.54) is 41.9 Å². The number of methoxy groups -OCH3 is 1. The third-order valence-corrected chi connectivity index (χ3v) is 8.63. The van der Waals surface area contributed by atoms with E-state index in [2.05, 4.69) is 73.7 Å². The fourth-order valence-corrected chi connectivity index (χ4v) is 6.08. The van der Waals surface area contributed by atoms with E-state index in [9.17, 15) is 0 Å². The van der Waals surface area contributed by atoms with Crippen molar-refractivity contribution in [3.8, 4) is 11.5 Å². The summed E-state index contributed by atoms with van der Waals surface area (Å²) < 4.78 is 19.3. The van der Waals surface area contributed by atoms with Gasteiger partial charge in [-0.3, -0.25) is 0 Å². The largest absolute Gasteiger partial charge is 0.497 e. The Kier molecular flexibility index (Phi) is 10.7. The fourth-order valence-electron chi connectivity index (χ4n) is 5.16. The summed E-state index contributed by atoms with van der Waals surface area (Å²) in [7, 11) is 1.71. The number of allylic oxidation sites excluding steroid dienone is 1. The Balaban J connectivity index is 1.71. The van der Waals surface area contributed by atoms with Crippen LogP contribution in [0.25, 0.3) is 0 Å². The van der Waals surface area contributed by atoms with Gasteiger partial charge in [-0.25, -0.2) is 0 Å². The standard InChI is InChI=1S/C33H40O3S2/c1-5-6-7-8-9-10-11-12-19-32-35-31-21-20-27(34-2)24-30(31)33(36-32,25-15-13-17-28(22-25)37-3)26-16-14-18-29(23-26)38-4/h5,13-18,20-24,32H,1,6-12,19H2,2-4H3. The van der Waals surface area contributed by atoms with Crippen LogP contribution in [0.4, 0.5) is 0 Å². The molecule has 0 saturated heterocycles. The third kappa shape index (κ3) is 6.62. The van der Waals surface area contributed by atoms with Crippen LogP contribution in [0, 0.1) is 0 Å².